The summed E-state index contributed by atoms with van der Waals surface area (Å²) in [4.78, 5) is 16.4. The lowest BCUT2D eigenvalue weighted by Crippen LogP contribution is -2.16. The van der Waals surface area contributed by atoms with Crippen LogP contribution in [0.25, 0.3) is 0 Å². The molecule has 0 unspecified atom stereocenters. The predicted octanol–water partition coefficient (Wildman–Crippen LogP) is 4.10. The number of nitrogens with one attached hydrogen (secondary N) is 2. The third-order valence-electron chi connectivity index (χ3n) is 4.26. The Hall–Kier alpha value is -3.19. The smallest absolute Gasteiger partial charge is 0.226 e. The van der Waals surface area contributed by atoms with Gasteiger partial charge in [-0.15, -0.1) is 0 Å². The lowest BCUT2D eigenvalue weighted by atomic mass is 10.2. The van der Waals surface area contributed by atoms with E-state index in [0.29, 0.717) is 41.8 Å². The molecule has 3 aromatic rings. The molecule has 7 nitrogen and oxygen atoms in total. The molecule has 152 valence electrons. The molecule has 0 aliphatic rings. The fourth-order valence-electron chi connectivity index (χ4n) is 2.67. The molecular weight excluding hydrogens is 392 g/mol. The molecule has 0 aliphatic carbocycles. The summed E-state index contributed by atoms with van der Waals surface area (Å²) in [7, 11) is 3.51. The van der Waals surface area contributed by atoms with E-state index < -0.39 is 0 Å². The number of benzene rings is 2. The van der Waals surface area contributed by atoms with Crippen LogP contribution in [0, 0.1) is 0 Å². The van der Waals surface area contributed by atoms with Gasteiger partial charge in [0.05, 0.1) is 12.8 Å². The van der Waals surface area contributed by atoms with E-state index in [4.69, 9.17) is 21.1 Å². The van der Waals surface area contributed by atoms with Gasteiger partial charge in [0, 0.05) is 43.1 Å². The van der Waals surface area contributed by atoms with Crippen LogP contribution in [0.3, 0.4) is 0 Å². The van der Waals surface area contributed by atoms with Crippen LogP contribution in [0.4, 0.5) is 11.4 Å². The van der Waals surface area contributed by atoms with Crippen LogP contribution in [-0.2, 0) is 18.4 Å². The van der Waals surface area contributed by atoms with Gasteiger partial charge in [-0.05, 0) is 42.5 Å². The Morgan fingerprint density at radius 2 is 2.00 bits per heavy atom. The Morgan fingerprint density at radius 1 is 1.21 bits per heavy atom. The fourth-order valence-corrected chi connectivity index (χ4v) is 2.84. The van der Waals surface area contributed by atoms with Crippen molar-refractivity contribution in [3.8, 4) is 11.5 Å². The molecule has 0 spiro atoms. The zero-order valence-electron chi connectivity index (χ0n) is 16.3. The molecule has 0 aliphatic heterocycles. The highest BCUT2D eigenvalue weighted by Crippen LogP contribution is 2.27. The van der Waals surface area contributed by atoms with E-state index in [0.717, 1.165) is 11.5 Å². The number of rotatable bonds is 9. The zero-order valence-corrected chi connectivity index (χ0v) is 17.1. The molecule has 0 fully saturated rings. The summed E-state index contributed by atoms with van der Waals surface area (Å²) in [5.74, 6) is 2.13. The van der Waals surface area contributed by atoms with Crippen molar-refractivity contribution in [2.45, 2.75) is 13.0 Å². The molecule has 2 aromatic carbocycles. The Balaban J connectivity index is 1.44. The van der Waals surface area contributed by atoms with Gasteiger partial charge in [-0.1, -0.05) is 11.6 Å². The monoisotopic (exact) mass is 414 g/mol. The number of carbonyl (C=O) groups is 1. The number of hydrogen-bond donors (Lipinski definition) is 2. The molecule has 2 N–H and O–H groups in total. The number of carbonyl (C=O) groups excluding carboxylic acids is 1. The van der Waals surface area contributed by atoms with E-state index in [9.17, 15) is 4.79 Å². The standard InChI is InChI=1S/C21H23ClN4O3/c1-26-12-11-24-20(26)14-29-17-6-4-16(5-7-17)25-21(27)9-10-23-18-13-15(22)3-8-19(18)28-2/h3-8,11-13,23H,9-10,14H2,1-2H3,(H,25,27). The average molecular weight is 415 g/mol. The first-order chi connectivity index (χ1) is 14.0. The summed E-state index contributed by atoms with van der Waals surface area (Å²) < 4.78 is 12.9. The highest BCUT2D eigenvalue weighted by atomic mass is 35.5. The maximum Gasteiger partial charge on any atom is 0.226 e. The third-order valence-corrected chi connectivity index (χ3v) is 4.49. The van der Waals surface area contributed by atoms with E-state index >= 15 is 0 Å². The number of halogens is 1. The number of ether oxygens (including phenoxy) is 2. The maximum absolute atomic E-state index is 12.2. The van der Waals surface area contributed by atoms with Crippen molar-refractivity contribution in [2.24, 2.45) is 7.05 Å². The number of anilines is 2. The molecule has 3 rings (SSSR count). The number of nitrogens with zero attached hydrogens (tertiary/aromatic N) is 2. The highest BCUT2D eigenvalue weighted by Gasteiger charge is 2.07. The summed E-state index contributed by atoms with van der Waals surface area (Å²) in [6, 6.07) is 12.5. The van der Waals surface area contributed by atoms with Gasteiger partial charge in [0.1, 0.15) is 23.9 Å². The van der Waals surface area contributed by atoms with Crippen molar-refractivity contribution < 1.29 is 14.3 Å². The summed E-state index contributed by atoms with van der Waals surface area (Å²) >= 11 is 6.00. The largest absolute Gasteiger partial charge is 0.495 e. The van der Waals surface area contributed by atoms with Crippen LogP contribution in [0.15, 0.2) is 54.9 Å². The van der Waals surface area contributed by atoms with Crippen LogP contribution >= 0.6 is 11.6 Å². The molecule has 29 heavy (non-hydrogen) atoms. The minimum Gasteiger partial charge on any atom is -0.495 e. The van der Waals surface area contributed by atoms with Crippen LogP contribution in [0.2, 0.25) is 5.02 Å². The number of amides is 1. The first-order valence-electron chi connectivity index (χ1n) is 9.11. The zero-order chi connectivity index (χ0) is 20.6. The molecule has 0 saturated heterocycles. The second-order valence-electron chi connectivity index (χ2n) is 6.34. The first-order valence-corrected chi connectivity index (χ1v) is 9.49. The van der Waals surface area contributed by atoms with Crippen molar-refractivity contribution in [3.05, 3.63) is 65.7 Å². The summed E-state index contributed by atoms with van der Waals surface area (Å²) in [5, 5.41) is 6.63. The summed E-state index contributed by atoms with van der Waals surface area (Å²) in [6.07, 6.45) is 3.90. The normalized spacial score (nSPS) is 10.4. The fraction of sp³-hybridized carbons (Fsp3) is 0.238. The molecule has 1 heterocycles. The van der Waals surface area contributed by atoms with Gasteiger partial charge in [-0.3, -0.25) is 4.79 Å². The molecular formula is C21H23ClN4O3. The minimum atomic E-state index is -0.0971. The number of aromatic nitrogens is 2. The topological polar surface area (TPSA) is 77.4 Å². The third kappa shape index (κ3) is 5.89. The van der Waals surface area contributed by atoms with Gasteiger partial charge in [-0.2, -0.15) is 0 Å². The Morgan fingerprint density at radius 3 is 2.69 bits per heavy atom. The van der Waals surface area contributed by atoms with Gasteiger partial charge in [0.2, 0.25) is 5.91 Å². The Labute approximate surface area is 174 Å². The van der Waals surface area contributed by atoms with Crippen molar-refractivity contribution in [1.82, 2.24) is 9.55 Å². The van der Waals surface area contributed by atoms with Crippen LogP contribution < -0.4 is 20.1 Å². The van der Waals surface area contributed by atoms with E-state index in [1.54, 1.807) is 43.6 Å². The quantitative estimate of drug-likeness (QED) is 0.551. The summed E-state index contributed by atoms with van der Waals surface area (Å²) in [5.41, 5.74) is 1.46. The number of hydrogen-bond acceptors (Lipinski definition) is 5. The molecule has 0 atom stereocenters. The van der Waals surface area contributed by atoms with E-state index in [1.807, 2.05) is 29.9 Å². The molecule has 8 heteroatoms. The SMILES string of the molecule is COc1ccc(Cl)cc1NCCC(=O)Nc1ccc(OCc2nccn2C)cc1. The molecule has 0 radical (unpaired) electrons. The van der Waals surface area contributed by atoms with Crippen molar-refractivity contribution >= 4 is 28.9 Å². The predicted molar refractivity (Wildman–Crippen MR) is 114 cm³/mol. The maximum atomic E-state index is 12.2. The van der Waals surface area contributed by atoms with Crippen molar-refractivity contribution in [2.75, 3.05) is 24.3 Å². The molecule has 0 bridgehead atoms. The number of methoxy groups -OCH3 is 1. The minimum absolute atomic E-state index is 0.0971. The Kier molecular flexibility index (Phi) is 6.97. The number of imidazole rings is 1. The lowest BCUT2D eigenvalue weighted by molar-refractivity contribution is -0.115. The molecule has 1 aromatic heterocycles. The van der Waals surface area contributed by atoms with Crippen molar-refractivity contribution in [3.63, 3.8) is 0 Å². The van der Waals surface area contributed by atoms with Gasteiger partial charge in [0.15, 0.2) is 0 Å². The Bertz CT molecular complexity index is 957. The van der Waals surface area contributed by atoms with Crippen LogP contribution in [0.1, 0.15) is 12.2 Å². The second kappa shape index (κ2) is 9.84. The van der Waals surface area contributed by atoms with Gasteiger partial charge in [0.25, 0.3) is 0 Å². The van der Waals surface area contributed by atoms with Gasteiger partial charge >= 0.3 is 0 Å². The molecule has 1 amide bonds. The lowest BCUT2D eigenvalue weighted by Gasteiger charge is -2.12. The second-order valence-corrected chi connectivity index (χ2v) is 6.77. The van der Waals surface area contributed by atoms with E-state index in [-0.39, 0.29) is 5.91 Å². The van der Waals surface area contributed by atoms with Crippen LogP contribution in [-0.4, -0.2) is 29.1 Å². The van der Waals surface area contributed by atoms with Crippen molar-refractivity contribution in [1.29, 1.82) is 0 Å². The molecule has 0 saturated carbocycles. The van der Waals surface area contributed by atoms with Gasteiger partial charge in [-0.25, -0.2) is 4.98 Å². The van der Waals surface area contributed by atoms with E-state index in [1.165, 1.54) is 0 Å². The van der Waals surface area contributed by atoms with Crippen LogP contribution in [0.5, 0.6) is 11.5 Å². The first kappa shape index (κ1) is 20.5. The highest BCUT2D eigenvalue weighted by molar-refractivity contribution is 6.30. The van der Waals surface area contributed by atoms with Gasteiger partial charge < -0.3 is 24.7 Å². The average Bonchev–Trinajstić information content (AvgIpc) is 3.12. The summed E-state index contributed by atoms with van der Waals surface area (Å²) in [6.45, 7) is 0.835. The van der Waals surface area contributed by atoms with E-state index in [2.05, 4.69) is 15.6 Å². The number of aryl methyl sites for hydroxylation is 1.